The van der Waals surface area contributed by atoms with E-state index < -0.39 is 5.97 Å². The van der Waals surface area contributed by atoms with Gasteiger partial charge in [0.05, 0.1) is 11.6 Å². The number of benzene rings is 2. The summed E-state index contributed by atoms with van der Waals surface area (Å²) in [6.45, 7) is 2.01. The Labute approximate surface area is 143 Å². The molecule has 6 nitrogen and oxygen atoms in total. The molecule has 0 aliphatic rings. The van der Waals surface area contributed by atoms with Gasteiger partial charge in [-0.05, 0) is 43.3 Å². The highest BCUT2D eigenvalue weighted by atomic mass is 35.5. The number of carbonyl (C=O) groups is 1. The number of nitrogens with one attached hydrogen (secondary N) is 1. The molecule has 0 atom stereocenters. The molecule has 2 aromatic carbocycles. The number of esters is 1. The van der Waals surface area contributed by atoms with E-state index in [1.807, 2.05) is 12.1 Å². The molecule has 0 aliphatic heterocycles. The van der Waals surface area contributed by atoms with Crippen LogP contribution in [-0.2, 0) is 4.74 Å². The first kappa shape index (κ1) is 16.0. The van der Waals surface area contributed by atoms with Crippen LogP contribution in [0.5, 0.6) is 11.5 Å². The van der Waals surface area contributed by atoms with Crippen LogP contribution in [0.3, 0.4) is 0 Å². The van der Waals surface area contributed by atoms with E-state index in [1.165, 1.54) is 0 Å². The topological polar surface area (TPSA) is 77.1 Å². The van der Waals surface area contributed by atoms with E-state index >= 15 is 0 Å². The van der Waals surface area contributed by atoms with Crippen molar-refractivity contribution in [1.82, 2.24) is 15.4 Å². The Balaban J connectivity index is 1.82. The molecule has 0 saturated heterocycles. The van der Waals surface area contributed by atoms with E-state index in [4.69, 9.17) is 21.1 Å². The predicted molar refractivity (Wildman–Crippen MR) is 89.3 cm³/mol. The third kappa shape index (κ3) is 3.38. The summed E-state index contributed by atoms with van der Waals surface area (Å²) in [5.74, 6) is 0.672. The van der Waals surface area contributed by atoms with E-state index in [2.05, 4.69) is 15.4 Å². The number of hydrogen-bond acceptors (Lipinski definition) is 5. The molecule has 0 fully saturated rings. The summed E-state index contributed by atoms with van der Waals surface area (Å²) in [6, 6.07) is 14.3. The van der Waals surface area contributed by atoms with Crippen molar-refractivity contribution in [2.75, 3.05) is 6.61 Å². The van der Waals surface area contributed by atoms with Gasteiger partial charge >= 0.3 is 5.97 Å². The normalized spacial score (nSPS) is 10.4. The summed E-state index contributed by atoms with van der Waals surface area (Å²) in [5.41, 5.74) is 1.30. The lowest BCUT2D eigenvalue weighted by Crippen LogP contribution is -2.06. The second-order valence-electron chi connectivity index (χ2n) is 4.80. The molecule has 3 rings (SSSR count). The van der Waals surface area contributed by atoms with E-state index in [9.17, 15) is 4.79 Å². The fourth-order valence-electron chi connectivity index (χ4n) is 2.11. The van der Waals surface area contributed by atoms with Crippen LogP contribution >= 0.6 is 11.6 Å². The van der Waals surface area contributed by atoms with E-state index in [-0.39, 0.29) is 12.3 Å². The molecule has 1 heterocycles. The Bertz CT molecular complexity index is 846. The van der Waals surface area contributed by atoms with Crippen LogP contribution < -0.4 is 4.74 Å². The molecule has 1 aromatic heterocycles. The zero-order chi connectivity index (χ0) is 16.9. The lowest BCUT2D eigenvalue weighted by molar-refractivity contribution is 0.0520. The van der Waals surface area contributed by atoms with Crippen molar-refractivity contribution in [2.24, 2.45) is 0 Å². The lowest BCUT2D eigenvalue weighted by atomic mass is 10.1. The molecule has 1 N–H and O–H groups in total. The fraction of sp³-hybridized carbons (Fsp3) is 0.118. The first-order chi connectivity index (χ1) is 11.7. The number of carbonyl (C=O) groups excluding carboxylic acids is 1. The molecule has 7 heteroatoms. The van der Waals surface area contributed by atoms with Crippen LogP contribution in [0, 0.1) is 0 Å². The van der Waals surface area contributed by atoms with Crippen molar-refractivity contribution in [3.05, 3.63) is 59.2 Å². The second-order valence-corrected chi connectivity index (χ2v) is 5.21. The summed E-state index contributed by atoms with van der Waals surface area (Å²) in [6.07, 6.45) is 0. The molecule has 0 aliphatic carbocycles. The zero-order valence-corrected chi connectivity index (χ0v) is 13.6. The van der Waals surface area contributed by atoms with Crippen molar-refractivity contribution in [2.45, 2.75) is 6.92 Å². The molecule has 0 radical (unpaired) electrons. The van der Waals surface area contributed by atoms with Crippen LogP contribution in [0.15, 0.2) is 48.5 Å². The number of H-pyrrole nitrogens is 1. The molecule has 0 spiro atoms. The SMILES string of the molecule is CCOC(=O)c1n[nH]nc1-c1ccc(Oc2ccccc2Cl)cc1. The van der Waals surface area contributed by atoms with Crippen molar-refractivity contribution in [3.8, 4) is 22.8 Å². The molecule has 0 saturated carbocycles. The van der Waals surface area contributed by atoms with Gasteiger partial charge in [-0.2, -0.15) is 10.3 Å². The van der Waals surface area contributed by atoms with Crippen molar-refractivity contribution in [1.29, 1.82) is 0 Å². The summed E-state index contributed by atoms with van der Waals surface area (Å²) in [7, 11) is 0. The minimum Gasteiger partial charge on any atom is -0.461 e. The lowest BCUT2D eigenvalue weighted by Gasteiger charge is -2.08. The largest absolute Gasteiger partial charge is 0.461 e. The summed E-state index contributed by atoms with van der Waals surface area (Å²) < 4.78 is 10.7. The molecule has 3 aromatic rings. The van der Waals surface area contributed by atoms with Crippen molar-refractivity contribution in [3.63, 3.8) is 0 Å². The first-order valence-corrected chi connectivity index (χ1v) is 7.67. The molecule has 0 amide bonds. The Kier molecular flexibility index (Phi) is 4.77. The van der Waals surface area contributed by atoms with E-state index in [0.29, 0.717) is 22.2 Å². The van der Waals surface area contributed by atoms with Gasteiger partial charge in [0.25, 0.3) is 0 Å². The monoisotopic (exact) mass is 343 g/mol. The molecule has 122 valence electrons. The first-order valence-electron chi connectivity index (χ1n) is 7.29. The van der Waals surface area contributed by atoms with Gasteiger partial charge in [-0.15, -0.1) is 5.10 Å². The number of halogens is 1. The average molecular weight is 344 g/mol. The smallest absolute Gasteiger partial charge is 0.361 e. The maximum absolute atomic E-state index is 11.9. The number of aromatic nitrogens is 3. The van der Waals surface area contributed by atoms with Crippen LogP contribution in [0.25, 0.3) is 11.3 Å². The Morgan fingerprint density at radius 1 is 1.12 bits per heavy atom. The highest BCUT2D eigenvalue weighted by molar-refractivity contribution is 6.32. The number of aromatic amines is 1. The number of ether oxygens (including phenoxy) is 2. The molecule has 0 unspecified atom stereocenters. The van der Waals surface area contributed by atoms with E-state index in [0.717, 1.165) is 5.56 Å². The summed E-state index contributed by atoms with van der Waals surface area (Å²) in [5, 5.41) is 10.9. The van der Waals surface area contributed by atoms with Crippen molar-refractivity contribution >= 4 is 17.6 Å². The zero-order valence-electron chi connectivity index (χ0n) is 12.8. The van der Waals surface area contributed by atoms with E-state index in [1.54, 1.807) is 43.3 Å². The van der Waals surface area contributed by atoms with Gasteiger partial charge in [0.1, 0.15) is 17.2 Å². The van der Waals surface area contributed by atoms with Crippen LogP contribution in [-0.4, -0.2) is 28.0 Å². The molecular formula is C17H14ClN3O3. The Morgan fingerprint density at radius 2 is 1.88 bits per heavy atom. The molecule has 0 bridgehead atoms. The van der Waals surface area contributed by atoms with Crippen LogP contribution in [0.2, 0.25) is 5.02 Å². The highest BCUT2D eigenvalue weighted by Gasteiger charge is 2.19. The number of para-hydroxylation sites is 1. The molecular weight excluding hydrogens is 330 g/mol. The minimum atomic E-state index is -0.516. The second kappa shape index (κ2) is 7.14. The summed E-state index contributed by atoms with van der Waals surface area (Å²) >= 11 is 6.07. The number of rotatable bonds is 5. The van der Waals surface area contributed by atoms with Crippen LogP contribution in [0.1, 0.15) is 17.4 Å². The van der Waals surface area contributed by atoms with Gasteiger partial charge in [-0.3, -0.25) is 0 Å². The van der Waals surface area contributed by atoms with Gasteiger partial charge in [-0.1, -0.05) is 23.7 Å². The van der Waals surface area contributed by atoms with Gasteiger partial charge < -0.3 is 9.47 Å². The van der Waals surface area contributed by atoms with Gasteiger partial charge in [0.15, 0.2) is 5.69 Å². The van der Waals surface area contributed by atoms with Gasteiger partial charge in [0, 0.05) is 5.56 Å². The Morgan fingerprint density at radius 3 is 2.58 bits per heavy atom. The highest BCUT2D eigenvalue weighted by Crippen LogP contribution is 2.30. The van der Waals surface area contributed by atoms with Gasteiger partial charge in [-0.25, -0.2) is 4.79 Å². The number of hydrogen-bond donors (Lipinski definition) is 1. The summed E-state index contributed by atoms with van der Waals surface area (Å²) in [4.78, 5) is 11.9. The maximum atomic E-state index is 11.9. The predicted octanol–water partition coefficient (Wildman–Crippen LogP) is 4.09. The fourth-order valence-corrected chi connectivity index (χ4v) is 2.28. The van der Waals surface area contributed by atoms with Gasteiger partial charge in [0.2, 0.25) is 0 Å². The standard InChI is InChI=1S/C17H14ClN3O3/c1-2-23-17(22)16-15(19-21-20-16)11-7-9-12(10-8-11)24-14-6-4-3-5-13(14)18/h3-10H,2H2,1H3,(H,19,20,21). The quantitative estimate of drug-likeness (QED) is 0.706. The average Bonchev–Trinajstić information content (AvgIpc) is 3.08. The van der Waals surface area contributed by atoms with Crippen LogP contribution in [0.4, 0.5) is 0 Å². The maximum Gasteiger partial charge on any atom is 0.361 e. The minimum absolute atomic E-state index is 0.150. The molecule has 24 heavy (non-hydrogen) atoms. The Hall–Kier alpha value is -2.86. The third-order valence-corrected chi connectivity index (χ3v) is 3.52. The third-order valence-electron chi connectivity index (χ3n) is 3.21. The number of nitrogens with zero attached hydrogens (tertiary/aromatic N) is 2. The van der Waals surface area contributed by atoms with Crippen molar-refractivity contribution < 1.29 is 14.3 Å².